The van der Waals surface area contributed by atoms with E-state index in [-0.39, 0.29) is 6.04 Å². The van der Waals surface area contributed by atoms with Crippen molar-refractivity contribution in [3.8, 4) is 0 Å². The summed E-state index contributed by atoms with van der Waals surface area (Å²) in [5.74, 6) is 1.68. The Balaban J connectivity index is 1.43. The van der Waals surface area contributed by atoms with E-state index >= 15 is 0 Å². The molecule has 1 atom stereocenters. The molecule has 0 saturated carbocycles. The van der Waals surface area contributed by atoms with Gasteiger partial charge in [0.1, 0.15) is 12.3 Å². The van der Waals surface area contributed by atoms with Gasteiger partial charge in [-0.2, -0.15) is 0 Å². The van der Waals surface area contributed by atoms with Crippen LogP contribution in [0.25, 0.3) is 0 Å². The van der Waals surface area contributed by atoms with Crippen molar-refractivity contribution in [1.29, 1.82) is 0 Å². The van der Waals surface area contributed by atoms with Crippen LogP contribution in [0.15, 0.2) is 65.3 Å². The largest absolute Gasteiger partial charge is 0.467 e. The molecule has 0 bridgehead atoms. The fraction of sp³-hybridized carbons (Fsp3) is 0.346. The maximum Gasteiger partial charge on any atom is 0.173 e. The van der Waals surface area contributed by atoms with Crippen LogP contribution in [0.1, 0.15) is 39.9 Å². The Kier molecular flexibility index (Phi) is 5.96. The van der Waals surface area contributed by atoms with E-state index in [0.717, 1.165) is 37.8 Å². The van der Waals surface area contributed by atoms with E-state index in [0.29, 0.717) is 6.54 Å². The number of benzene rings is 2. The molecule has 1 fully saturated rings. The van der Waals surface area contributed by atoms with Gasteiger partial charge in [0.25, 0.3) is 0 Å². The van der Waals surface area contributed by atoms with Gasteiger partial charge >= 0.3 is 0 Å². The molecule has 170 valence electrons. The van der Waals surface area contributed by atoms with Crippen LogP contribution in [-0.2, 0) is 6.54 Å². The number of furan rings is 1. The smallest absolute Gasteiger partial charge is 0.173 e. The zero-order valence-electron chi connectivity index (χ0n) is 19.5. The van der Waals surface area contributed by atoms with E-state index in [4.69, 9.17) is 4.42 Å². The Labute approximate surface area is 194 Å². The van der Waals surface area contributed by atoms with E-state index in [1.54, 1.807) is 6.26 Å². The van der Waals surface area contributed by atoms with Gasteiger partial charge in [0, 0.05) is 31.9 Å². The first kappa shape index (κ1) is 21.4. The third-order valence-electron chi connectivity index (χ3n) is 6.68. The van der Waals surface area contributed by atoms with Crippen LogP contribution in [0.4, 0.5) is 5.69 Å². The van der Waals surface area contributed by atoms with Crippen LogP contribution < -0.4 is 4.90 Å². The van der Waals surface area contributed by atoms with Crippen LogP contribution in [0, 0.1) is 20.8 Å². The predicted molar refractivity (Wildman–Crippen MR) is 128 cm³/mol. The molecule has 1 aliphatic rings. The minimum Gasteiger partial charge on any atom is -0.467 e. The molecular weight excluding hydrogens is 412 g/mol. The summed E-state index contributed by atoms with van der Waals surface area (Å²) in [6, 6.07) is 19.1. The van der Waals surface area contributed by atoms with Gasteiger partial charge in [-0.3, -0.25) is 4.90 Å². The molecule has 0 spiro atoms. The van der Waals surface area contributed by atoms with Crippen molar-refractivity contribution in [2.75, 3.05) is 31.1 Å². The van der Waals surface area contributed by atoms with Crippen LogP contribution >= 0.6 is 0 Å². The molecule has 0 amide bonds. The standard InChI is InChI=1S/C26H30N6O/c1-19-9-11-22(12-10-19)25(26-27-28-29-32(26)18-23-7-5-17-33-23)31-15-13-30(14-16-31)24-8-4-6-20(2)21(24)3/h4-12,17,25H,13-16,18H2,1-3H3/t25-/m1/s1. The van der Waals surface area contributed by atoms with Gasteiger partial charge in [0.2, 0.25) is 0 Å². The van der Waals surface area contributed by atoms with Gasteiger partial charge < -0.3 is 9.32 Å². The van der Waals surface area contributed by atoms with Crippen LogP contribution in [0.2, 0.25) is 0 Å². The molecule has 1 aliphatic heterocycles. The number of aryl methyl sites for hydroxylation is 2. The first-order chi connectivity index (χ1) is 16.1. The molecule has 3 heterocycles. The molecule has 0 N–H and O–H groups in total. The van der Waals surface area contributed by atoms with Gasteiger partial charge in [-0.1, -0.05) is 42.0 Å². The number of aromatic nitrogens is 4. The Morgan fingerprint density at radius 2 is 1.70 bits per heavy atom. The fourth-order valence-electron chi connectivity index (χ4n) is 4.64. The Morgan fingerprint density at radius 1 is 0.909 bits per heavy atom. The number of piperazine rings is 1. The third kappa shape index (κ3) is 4.41. The van der Waals surface area contributed by atoms with Gasteiger partial charge in [-0.05, 0) is 66.1 Å². The molecule has 5 rings (SSSR count). The topological polar surface area (TPSA) is 63.2 Å². The second-order valence-corrected chi connectivity index (χ2v) is 8.83. The average molecular weight is 443 g/mol. The molecule has 0 radical (unpaired) electrons. The maximum atomic E-state index is 5.56. The highest BCUT2D eigenvalue weighted by Gasteiger charge is 2.31. The van der Waals surface area contributed by atoms with Gasteiger partial charge in [0.05, 0.1) is 12.3 Å². The zero-order valence-corrected chi connectivity index (χ0v) is 19.5. The van der Waals surface area contributed by atoms with Crippen LogP contribution in [0.5, 0.6) is 0 Å². The summed E-state index contributed by atoms with van der Waals surface area (Å²) in [4.78, 5) is 4.99. The van der Waals surface area contributed by atoms with E-state index in [9.17, 15) is 0 Å². The van der Waals surface area contributed by atoms with Crippen molar-refractivity contribution in [3.05, 3.63) is 94.7 Å². The summed E-state index contributed by atoms with van der Waals surface area (Å²) in [7, 11) is 0. The highest BCUT2D eigenvalue weighted by Crippen LogP contribution is 2.31. The molecule has 2 aromatic heterocycles. The predicted octanol–water partition coefficient (Wildman–Crippen LogP) is 4.15. The molecule has 4 aromatic rings. The lowest BCUT2D eigenvalue weighted by atomic mass is 10.0. The van der Waals surface area contributed by atoms with Gasteiger partial charge in [-0.25, -0.2) is 4.68 Å². The van der Waals surface area contributed by atoms with E-state index in [1.165, 1.54) is 27.9 Å². The molecule has 33 heavy (non-hydrogen) atoms. The lowest BCUT2D eigenvalue weighted by Gasteiger charge is -2.40. The van der Waals surface area contributed by atoms with Crippen LogP contribution in [-0.4, -0.2) is 51.3 Å². The molecule has 2 aromatic carbocycles. The molecular formula is C26H30N6O. The minimum atomic E-state index is -0.0173. The number of tetrazole rings is 1. The van der Waals surface area contributed by atoms with Gasteiger partial charge in [-0.15, -0.1) is 5.10 Å². The monoisotopic (exact) mass is 442 g/mol. The maximum absolute atomic E-state index is 5.56. The molecule has 1 saturated heterocycles. The lowest BCUT2D eigenvalue weighted by Crippen LogP contribution is -2.48. The van der Waals surface area contributed by atoms with Crippen molar-refractivity contribution in [3.63, 3.8) is 0 Å². The Hall–Kier alpha value is -3.45. The highest BCUT2D eigenvalue weighted by atomic mass is 16.3. The summed E-state index contributed by atoms with van der Waals surface area (Å²) in [5, 5.41) is 12.8. The normalized spacial score (nSPS) is 15.7. The number of anilines is 1. The second-order valence-electron chi connectivity index (χ2n) is 8.83. The van der Waals surface area contributed by atoms with Crippen molar-refractivity contribution in [2.24, 2.45) is 0 Å². The summed E-state index contributed by atoms with van der Waals surface area (Å²) in [6.07, 6.45) is 1.68. The average Bonchev–Trinajstić information content (AvgIpc) is 3.51. The minimum absolute atomic E-state index is 0.0173. The van der Waals surface area contributed by atoms with Crippen molar-refractivity contribution >= 4 is 5.69 Å². The molecule has 0 aliphatic carbocycles. The van der Waals surface area contributed by atoms with E-state index in [1.807, 2.05) is 16.8 Å². The first-order valence-corrected chi connectivity index (χ1v) is 11.5. The first-order valence-electron chi connectivity index (χ1n) is 11.5. The van der Waals surface area contributed by atoms with E-state index < -0.39 is 0 Å². The summed E-state index contributed by atoms with van der Waals surface area (Å²) in [6.45, 7) is 10.8. The zero-order chi connectivity index (χ0) is 22.8. The Morgan fingerprint density at radius 3 is 2.42 bits per heavy atom. The fourth-order valence-corrected chi connectivity index (χ4v) is 4.64. The molecule has 7 heteroatoms. The van der Waals surface area contributed by atoms with Crippen molar-refractivity contribution < 1.29 is 4.42 Å². The van der Waals surface area contributed by atoms with Crippen LogP contribution in [0.3, 0.4) is 0 Å². The Bertz CT molecular complexity index is 1190. The van der Waals surface area contributed by atoms with Gasteiger partial charge in [0.15, 0.2) is 5.82 Å². The number of rotatable bonds is 6. The number of hydrogen-bond donors (Lipinski definition) is 0. The third-order valence-corrected chi connectivity index (χ3v) is 6.68. The summed E-state index contributed by atoms with van der Waals surface area (Å²) in [5.41, 5.74) is 6.49. The van der Waals surface area contributed by atoms with E-state index in [2.05, 4.69) is 88.6 Å². The highest BCUT2D eigenvalue weighted by molar-refractivity contribution is 5.56. The SMILES string of the molecule is Cc1ccc([C@H](c2nnnn2Cc2ccco2)N2CCN(c3cccc(C)c3C)CC2)cc1. The van der Waals surface area contributed by atoms with Crippen molar-refractivity contribution in [2.45, 2.75) is 33.4 Å². The van der Waals surface area contributed by atoms with Crippen molar-refractivity contribution in [1.82, 2.24) is 25.1 Å². The lowest BCUT2D eigenvalue weighted by molar-refractivity contribution is 0.200. The summed E-state index contributed by atoms with van der Waals surface area (Å²) >= 11 is 0. The number of hydrogen-bond acceptors (Lipinski definition) is 6. The number of nitrogens with zero attached hydrogens (tertiary/aromatic N) is 6. The second kappa shape index (κ2) is 9.19. The molecule has 7 nitrogen and oxygen atoms in total. The summed E-state index contributed by atoms with van der Waals surface area (Å²) < 4.78 is 7.42. The quantitative estimate of drug-likeness (QED) is 0.447. The molecule has 0 unspecified atom stereocenters.